The van der Waals surface area contributed by atoms with E-state index in [4.69, 9.17) is 10.00 Å². The molecular weight excluding hydrogens is 150 g/mol. The highest BCUT2D eigenvalue weighted by molar-refractivity contribution is 4.83. The molecule has 0 amide bonds. The van der Waals surface area contributed by atoms with Crippen LogP contribution in [0.15, 0.2) is 0 Å². The normalized spacial score (nSPS) is 26.2. The predicted molar refractivity (Wildman–Crippen MR) is 47.6 cm³/mol. The summed E-state index contributed by atoms with van der Waals surface area (Å²) in [6, 6.07) is 2.34. The maximum Gasteiger partial charge on any atom is 0.0655 e. The van der Waals surface area contributed by atoms with Crippen molar-refractivity contribution in [3.63, 3.8) is 0 Å². The number of rotatable bonds is 3. The van der Waals surface area contributed by atoms with Gasteiger partial charge in [0.15, 0.2) is 0 Å². The van der Waals surface area contributed by atoms with Gasteiger partial charge in [-0.05, 0) is 31.6 Å². The minimum Gasteiger partial charge on any atom is -0.381 e. The first-order valence-electron chi connectivity index (χ1n) is 4.84. The lowest BCUT2D eigenvalue weighted by molar-refractivity contribution is 0.0477. The van der Waals surface area contributed by atoms with Gasteiger partial charge in [0, 0.05) is 19.1 Å². The summed E-state index contributed by atoms with van der Waals surface area (Å²) in [5, 5.41) is 8.77. The smallest absolute Gasteiger partial charge is 0.0655 e. The SMILES string of the molecule is CC[C@H](C#N)C[C@H]1CCCOC1. The fourth-order valence-corrected chi connectivity index (χ4v) is 1.71. The van der Waals surface area contributed by atoms with E-state index in [-0.39, 0.29) is 5.92 Å². The van der Waals surface area contributed by atoms with Crippen molar-refractivity contribution in [1.29, 1.82) is 5.26 Å². The summed E-state index contributed by atoms with van der Waals surface area (Å²) < 4.78 is 5.36. The third kappa shape index (κ3) is 2.83. The monoisotopic (exact) mass is 167 g/mol. The van der Waals surface area contributed by atoms with E-state index in [1.807, 2.05) is 0 Å². The van der Waals surface area contributed by atoms with Crippen LogP contribution in [0, 0.1) is 23.2 Å². The van der Waals surface area contributed by atoms with Crippen LogP contribution in [0.25, 0.3) is 0 Å². The second-order valence-corrected chi connectivity index (χ2v) is 3.55. The van der Waals surface area contributed by atoms with Crippen molar-refractivity contribution in [1.82, 2.24) is 0 Å². The first kappa shape index (κ1) is 9.54. The Morgan fingerprint density at radius 2 is 2.50 bits per heavy atom. The molecule has 1 saturated heterocycles. The zero-order valence-corrected chi connectivity index (χ0v) is 7.75. The van der Waals surface area contributed by atoms with Gasteiger partial charge in [-0.25, -0.2) is 0 Å². The van der Waals surface area contributed by atoms with Gasteiger partial charge < -0.3 is 4.74 Å². The van der Waals surface area contributed by atoms with Crippen LogP contribution in [-0.2, 0) is 4.74 Å². The highest BCUT2D eigenvalue weighted by Gasteiger charge is 2.17. The lowest BCUT2D eigenvalue weighted by Gasteiger charge is -2.23. The highest BCUT2D eigenvalue weighted by atomic mass is 16.5. The van der Waals surface area contributed by atoms with Gasteiger partial charge in [0.2, 0.25) is 0 Å². The van der Waals surface area contributed by atoms with Crippen LogP contribution < -0.4 is 0 Å². The van der Waals surface area contributed by atoms with Gasteiger partial charge in [0.25, 0.3) is 0 Å². The van der Waals surface area contributed by atoms with Gasteiger partial charge in [-0.15, -0.1) is 0 Å². The summed E-state index contributed by atoms with van der Waals surface area (Å²) >= 11 is 0. The molecule has 12 heavy (non-hydrogen) atoms. The van der Waals surface area contributed by atoms with E-state index in [9.17, 15) is 0 Å². The van der Waals surface area contributed by atoms with Crippen LogP contribution in [0.2, 0.25) is 0 Å². The zero-order valence-electron chi connectivity index (χ0n) is 7.75. The average Bonchev–Trinajstić information content (AvgIpc) is 2.16. The maximum atomic E-state index is 8.77. The zero-order chi connectivity index (χ0) is 8.81. The number of hydrogen-bond donors (Lipinski definition) is 0. The molecule has 0 unspecified atom stereocenters. The molecule has 0 aromatic carbocycles. The van der Waals surface area contributed by atoms with Gasteiger partial charge in [-0.3, -0.25) is 0 Å². The van der Waals surface area contributed by atoms with E-state index in [1.54, 1.807) is 0 Å². The van der Waals surface area contributed by atoms with Crippen molar-refractivity contribution >= 4 is 0 Å². The second-order valence-electron chi connectivity index (χ2n) is 3.55. The van der Waals surface area contributed by atoms with Crippen LogP contribution in [-0.4, -0.2) is 13.2 Å². The fraction of sp³-hybridized carbons (Fsp3) is 0.900. The summed E-state index contributed by atoms with van der Waals surface area (Å²) in [7, 11) is 0. The van der Waals surface area contributed by atoms with Crippen molar-refractivity contribution in [2.24, 2.45) is 11.8 Å². The molecule has 0 aliphatic carbocycles. The Kier molecular flexibility index (Phi) is 4.10. The molecule has 2 atom stereocenters. The third-order valence-corrected chi connectivity index (χ3v) is 2.55. The molecule has 0 radical (unpaired) electrons. The fourth-order valence-electron chi connectivity index (χ4n) is 1.71. The quantitative estimate of drug-likeness (QED) is 0.646. The molecule has 1 fully saturated rings. The largest absolute Gasteiger partial charge is 0.381 e. The van der Waals surface area contributed by atoms with Gasteiger partial charge >= 0.3 is 0 Å². The topological polar surface area (TPSA) is 33.0 Å². The second kappa shape index (κ2) is 5.16. The highest BCUT2D eigenvalue weighted by Crippen LogP contribution is 2.22. The third-order valence-electron chi connectivity index (χ3n) is 2.55. The number of nitrogens with zero attached hydrogens (tertiary/aromatic N) is 1. The molecule has 1 rings (SSSR count). The van der Waals surface area contributed by atoms with Crippen molar-refractivity contribution in [2.75, 3.05) is 13.2 Å². The summed E-state index contributed by atoms with van der Waals surface area (Å²) in [5.74, 6) is 0.889. The van der Waals surface area contributed by atoms with Crippen LogP contribution in [0.1, 0.15) is 32.6 Å². The summed E-state index contributed by atoms with van der Waals surface area (Å²) in [6.45, 7) is 3.87. The molecule has 0 N–H and O–H groups in total. The standard InChI is InChI=1S/C10H17NO/c1-2-9(7-11)6-10-4-3-5-12-8-10/h9-10H,2-6,8H2,1H3/t9-,10+/m0/s1. The molecule has 0 aromatic heterocycles. The molecule has 2 heteroatoms. The molecular formula is C10H17NO. The van der Waals surface area contributed by atoms with Crippen molar-refractivity contribution in [2.45, 2.75) is 32.6 Å². The Balaban J connectivity index is 2.24. The minimum atomic E-state index is 0.247. The Bertz CT molecular complexity index is 156. The van der Waals surface area contributed by atoms with Gasteiger partial charge in [0.05, 0.1) is 6.07 Å². The van der Waals surface area contributed by atoms with Crippen LogP contribution in [0.4, 0.5) is 0 Å². The Labute approximate surface area is 74.5 Å². The van der Waals surface area contributed by atoms with Crippen LogP contribution >= 0.6 is 0 Å². The molecule has 68 valence electrons. The van der Waals surface area contributed by atoms with E-state index in [2.05, 4.69) is 13.0 Å². The molecule has 1 aliphatic rings. The molecule has 0 aromatic rings. The Morgan fingerprint density at radius 3 is 3.00 bits per heavy atom. The molecule has 2 nitrogen and oxygen atoms in total. The lowest BCUT2D eigenvalue weighted by Crippen LogP contribution is -2.19. The summed E-state index contributed by atoms with van der Waals surface area (Å²) in [4.78, 5) is 0. The van der Waals surface area contributed by atoms with Gasteiger partial charge in [-0.1, -0.05) is 6.92 Å². The lowest BCUT2D eigenvalue weighted by atomic mass is 9.90. The van der Waals surface area contributed by atoms with Crippen molar-refractivity contribution in [3.05, 3.63) is 0 Å². The Hall–Kier alpha value is -0.550. The number of ether oxygens (including phenoxy) is 1. The van der Waals surface area contributed by atoms with E-state index in [0.29, 0.717) is 5.92 Å². The first-order valence-corrected chi connectivity index (χ1v) is 4.84. The van der Waals surface area contributed by atoms with Crippen LogP contribution in [0.3, 0.4) is 0 Å². The van der Waals surface area contributed by atoms with Gasteiger partial charge in [0.1, 0.15) is 0 Å². The van der Waals surface area contributed by atoms with E-state index in [0.717, 1.165) is 26.1 Å². The molecule has 0 bridgehead atoms. The summed E-state index contributed by atoms with van der Waals surface area (Å²) in [5.41, 5.74) is 0. The van der Waals surface area contributed by atoms with E-state index in [1.165, 1.54) is 12.8 Å². The number of hydrogen-bond acceptors (Lipinski definition) is 2. The average molecular weight is 167 g/mol. The summed E-state index contributed by atoms with van der Waals surface area (Å²) in [6.07, 6.45) is 4.44. The first-order chi connectivity index (χ1) is 5.86. The van der Waals surface area contributed by atoms with Gasteiger partial charge in [-0.2, -0.15) is 5.26 Å². The molecule has 1 aliphatic heterocycles. The predicted octanol–water partition coefficient (Wildman–Crippen LogP) is 2.35. The van der Waals surface area contributed by atoms with E-state index >= 15 is 0 Å². The van der Waals surface area contributed by atoms with Crippen LogP contribution in [0.5, 0.6) is 0 Å². The van der Waals surface area contributed by atoms with Crippen molar-refractivity contribution < 1.29 is 4.74 Å². The van der Waals surface area contributed by atoms with E-state index < -0.39 is 0 Å². The Morgan fingerprint density at radius 1 is 1.67 bits per heavy atom. The molecule has 1 heterocycles. The molecule has 0 spiro atoms. The van der Waals surface area contributed by atoms with Crippen molar-refractivity contribution in [3.8, 4) is 6.07 Å². The number of nitriles is 1. The molecule has 0 saturated carbocycles. The minimum absolute atomic E-state index is 0.247. The maximum absolute atomic E-state index is 8.77.